The van der Waals surface area contributed by atoms with Gasteiger partial charge in [0.1, 0.15) is 13.1 Å². The Morgan fingerprint density at radius 1 is 0.778 bits per heavy atom. The first-order chi connectivity index (χ1) is 8.47. The van der Waals surface area contributed by atoms with Crippen LogP contribution in [0.25, 0.3) is 0 Å². The Morgan fingerprint density at radius 3 is 1.61 bits per heavy atom. The molecule has 2 rings (SSSR count). The van der Waals surface area contributed by atoms with E-state index in [0.29, 0.717) is 0 Å². The summed E-state index contributed by atoms with van der Waals surface area (Å²) in [5, 5.41) is 0. The number of hydrogen-bond acceptors (Lipinski definition) is 4. The van der Waals surface area contributed by atoms with Crippen LogP contribution >= 0.6 is 0 Å². The van der Waals surface area contributed by atoms with Crippen molar-refractivity contribution in [3.63, 3.8) is 0 Å². The van der Waals surface area contributed by atoms with Gasteiger partial charge in [0.15, 0.2) is 5.71 Å². The van der Waals surface area contributed by atoms with E-state index in [4.69, 9.17) is 18.6 Å². The molecule has 5 nitrogen and oxygen atoms in total. The Bertz CT molecular complexity index is 252. The molecule has 0 amide bonds. The van der Waals surface area contributed by atoms with E-state index in [-0.39, 0.29) is 0 Å². The maximum absolute atomic E-state index is 8.83. The molecule has 0 aromatic rings. The SMILES string of the molecule is C1CCCC(=[N+]2CCCC2)CCC1.[O-][Cl+](O)(O)O. The van der Waals surface area contributed by atoms with Crippen LogP contribution in [-0.4, -0.2) is 37.4 Å². The Morgan fingerprint density at radius 2 is 1.17 bits per heavy atom. The molecule has 1 saturated carbocycles. The van der Waals surface area contributed by atoms with E-state index in [1.807, 2.05) is 0 Å². The van der Waals surface area contributed by atoms with Crippen molar-refractivity contribution in [2.24, 2.45) is 0 Å². The molecule has 108 valence electrons. The molecule has 1 saturated heterocycles. The van der Waals surface area contributed by atoms with E-state index in [2.05, 4.69) is 4.58 Å². The van der Waals surface area contributed by atoms with E-state index in [1.165, 1.54) is 70.9 Å². The van der Waals surface area contributed by atoms with Crippen LogP contribution in [0, 0.1) is 10.2 Å². The van der Waals surface area contributed by atoms with Crippen LogP contribution in [0.3, 0.4) is 0 Å². The summed E-state index contributed by atoms with van der Waals surface area (Å²) in [6.07, 6.45) is 13.0. The van der Waals surface area contributed by atoms with Gasteiger partial charge in [-0.25, -0.2) is 4.58 Å². The third kappa shape index (κ3) is 8.00. The van der Waals surface area contributed by atoms with Crippen LogP contribution < -0.4 is 4.66 Å². The second-order valence-electron chi connectivity index (χ2n) is 4.96. The van der Waals surface area contributed by atoms with Crippen LogP contribution in [0.5, 0.6) is 0 Å². The van der Waals surface area contributed by atoms with Gasteiger partial charge in [-0.3, -0.25) is 0 Å². The standard InChI is InChI=1S/C12H22N.ClH3O4/c1-2-4-8-12(9-5-3-1)13-10-6-7-11-13;2-1(3,4)5/h1-11H2;2-4H/q+1;. The van der Waals surface area contributed by atoms with Crippen molar-refractivity contribution < 1.29 is 33.5 Å². The van der Waals surface area contributed by atoms with Crippen LogP contribution in [0.2, 0.25) is 0 Å². The maximum atomic E-state index is 8.83. The molecular formula is C12H25ClNO4+. The van der Waals surface area contributed by atoms with Gasteiger partial charge in [-0.05, 0) is 12.8 Å². The van der Waals surface area contributed by atoms with Gasteiger partial charge in [0.2, 0.25) is 0 Å². The normalized spacial score (nSPS) is 22.9. The van der Waals surface area contributed by atoms with Crippen molar-refractivity contribution in [3.05, 3.63) is 0 Å². The summed E-state index contributed by atoms with van der Waals surface area (Å²) >= 11 is 0. The zero-order valence-corrected chi connectivity index (χ0v) is 11.6. The second kappa shape index (κ2) is 8.07. The quantitative estimate of drug-likeness (QED) is 0.551. The first-order valence-electron chi connectivity index (χ1n) is 6.72. The molecule has 0 unspecified atom stereocenters. The number of rotatable bonds is 0. The van der Waals surface area contributed by atoms with Gasteiger partial charge in [-0.2, -0.15) is 0 Å². The van der Waals surface area contributed by atoms with Gasteiger partial charge in [0, 0.05) is 25.7 Å². The minimum atomic E-state index is -4.19. The topological polar surface area (TPSA) is 86.8 Å². The summed E-state index contributed by atoms with van der Waals surface area (Å²) in [6.45, 7) is 2.71. The predicted molar refractivity (Wildman–Crippen MR) is 63.2 cm³/mol. The number of nitrogens with zero attached hydrogens (tertiary/aromatic N) is 1. The van der Waals surface area contributed by atoms with Gasteiger partial charge in [0.25, 0.3) is 0 Å². The molecule has 1 aliphatic heterocycles. The van der Waals surface area contributed by atoms with Crippen molar-refractivity contribution in [1.29, 1.82) is 0 Å². The van der Waals surface area contributed by atoms with E-state index in [0.717, 1.165) is 0 Å². The molecule has 18 heavy (non-hydrogen) atoms. The van der Waals surface area contributed by atoms with Crippen molar-refractivity contribution in [2.45, 2.75) is 57.8 Å². The molecule has 0 aromatic heterocycles. The summed E-state index contributed by atoms with van der Waals surface area (Å²) in [6, 6.07) is 0. The molecule has 0 radical (unpaired) electrons. The molecule has 2 fully saturated rings. The molecule has 1 heterocycles. The molecule has 2 aliphatic rings. The zero-order chi connectivity index (χ0) is 13.4. The van der Waals surface area contributed by atoms with E-state index in [9.17, 15) is 0 Å². The van der Waals surface area contributed by atoms with E-state index < -0.39 is 10.2 Å². The Labute approximate surface area is 110 Å². The van der Waals surface area contributed by atoms with Crippen molar-refractivity contribution >= 4 is 5.71 Å². The third-order valence-electron chi connectivity index (χ3n) is 3.48. The van der Waals surface area contributed by atoms with Crippen molar-refractivity contribution in [3.8, 4) is 0 Å². The van der Waals surface area contributed by atoms with Crippen LogP contribution in [0.4, 0.5) is 0 Å². The van der Waals surface area contributed by atoms with E-state index >= 15 is 0 Å². The number of hydrogen-bond donors (Lipinski definition) is 3. The molecule has 3 N–H and O–H groups in total. The molecule has 0 aromatic carbocycles. The fraction of sp³-hybridized carbons (Fsp3) is 0.917. The summed E-state index contributed by atoms with van der Waals surface area (Å²) in [7, 11) is -4.19. The molecular weight excluding hydrogens is 258 g/mol. The van der Waals surface area contributed by atoms with Crippen molar-refractivity contribution in [2.75, 3.05) is 13.1 Å². The molecule has 1 aliphatic carbocycles. The monoisotopic (exact) mass is 282 g/mol. The van der Waals surface area contributed by atoms with Crippen LogP contribution in [0.15, 0.2) is 0 Å². The fourth-order valence-corrected chi connectivity index (χ4v) is 2.66. The molecule has 6 heteroatoms. The van der Waals surface area contributed by atoms with Gasteiger partial charge in [-0.1, -0.05) is 19.3 Å². The first kappa shape index (κ1) is 15.9. The second-order valence-corrected chi connectivity index (χ2v) is 5.83. The van der Waals surface area contributed by atoms with Gasteiger partial charge >= 0.3 is 28.9 Å². The van der Waals surface area contributed by atoms with Crippen molar-refractivity contribution in [1.82, 2.24) is 0 Å². The summed E-state index contributed by atoms with van der Waals surface area (Å²) in [4.78, 5) is 0. The third-order valence-corrected chi connectivity index (χ3v) is 3.48. The van der Waals surface area contributed by atoms with E-state index in [1.54, 1.807) is 5.71 Å². The summed E-state index contributed by atoms with van der Waals surface area (Å²) in [5.74, 6) is 0. The average molecular weight is 283 g/mol. The summed E-state index contributed by atoms with van der Waals surface area (Å²) in [5.41, 5.74) is 1.79. The zero-order valence-electron chi connectivity index (χ0n) is 10.9. The molecule has 0 atom stereocenters. The minimum absolute atomic E-state index is 1.36. The molecule has 0 bridgehead atoms. The average Bonchev–Trinajstić information content (AvgIpc) is 2.67. The fourth-order valence-electron chi connectivity index (χ4n) is 2.66. The van der Waals surface area contributed by atoms with Gasteiger partial charge in [-0.15, -0.1) is 0 Å². The number of halogens is 1. The predicted octanol–water partition coefficient (Wildman–Crippen LogP) is 0.118. The first-order valence-corrected chi connectivity index (χ1v) is 8.05. The van der Waals surface area contributed by atoms with Crippen LogP contribution in [0.1, 0.15) is 57.8 Å². The summed E-state index contributed by atoms with van der Waals surface area (Å²) < 4.78 is 32.9. The van der Waals surface area contributed by atoms with Gasteiger partial charge < -0.3 is 0 Å². The Kier molecular flexibility index (Phi) is 7.11. The van der Waals surface area contributed by atoms with Crippen LogP contribution in [-0.2, 0) is 0 Å². The Hall–Kier alpha value is -0.200. The Balaban J connectivity index is 0.000000280. The van der Waals surface area contributed by atoms with Gasteiger partial charge in [0.05, 0.1) is 0 Å². The molecule has 0 spiro atoms.